The molecule has 0 heterocycles. The molecule has 1 N–H and O–H groups in total. The predicted molar refractivity (Wildman–Crippen MR) is 92.9 cm³/mol. The van der Waals surface area contributed by atoms with Gasteiger partial charge in [-0.3, -0.25) is 10.1 Å². The summed E-state index contributed by atoms with van der Waals surface area (Å²) < 4.78 is 0. The van der Waals surface area contributed by atoms with E-state index in [0.717, 1.165) is 38.4 Å². The molecule has 23 heavy (non-hydrogen) atoms. The van der Waals surface area contributed by atoms with Gasteiger partial charge in [0.1, 0.15) is 12.4 Å². The molecule has 0 aromatic carbocycles. The fraction of sp³-hybridized carbons (Fsp3) is 0.611. The number of allylic oxidation sites excluding steroid dienone is 5. The Morgan fingerprint density at radius 2 is 1.57 bits per heavy atom. The zero-order chi connectivity index (χ0) is 17.3. The maximum atomic E-state index is 10.7. The maximum Gasteiger partial charge on any atom is 0.238 e. The number of aliphatic hydroxyl groups is 1. The number of hydrogen-bond acceptors (Lipinski definition) is 4. The quantitative estimate of drug-likeness (QED) is 0.172. The van der Waals surface area contributed by atoms with Crippen LogP contribution in [0.15, 0.2) is 36.5 Å². The number of rotatable bonds is 14. The molecule has 0 saturated carbocycles. The zero-order valence-corrected chi connectivity index (χ0v) is 14.0. The van der Waals surface area contributed by atoms with Crippen molar-refractivity contribution in [3.8, 4) is 0 Å². The molecule has 130 valence electrons. The van der Waals surface area contributed by atoms with Crippen LogP contribution >= 0.6 is 0 Å². The molecule has 0 aromatic rings. The van der Waals surface area contributed by atoms with E-state index >= 15 is 0 Å². The van der Waals surface area contributed by atoms with Crippen LogP contribution in [0.5, 0.6) is 0 Å². The summed E-state index contributed by atoms with van der Waals surface area (Å²) >= 11 is 0. The minimum Gasteiger partial charge on any atom is -0.386 e. The van der Waals surface area contributed by atoms with Gasteiger partial charge in [-0.1, -0.05) is 43.4 Å². The molecule has 5 nitrogen and oxygen atoms in total. The standard InChI is InChI=1S/C18H29NO4/c1-2-17(19(22)23)18(21)15-13-11-9-7-5-3-4-6-8-10-12-14-16-20/h4-7,11,13,16-18,21H,2-3,8-10,12,14-15H2,1H3/b6-4-,7-5-,13-11-. The number of aldehydes is 1. The zero-order valence-electron chi connectivity index (χ0n) is 14.0. The number of hydrogen-bond donors (Lipinski definition) is 1. The molecule has 0 aromatic heterocycles. The van der Waals surface area contributed by atoms with Crippen LogP contribution in [0.1, 0.15) is 58.3 Å². The van der Waals surface area contributed by atoms with Crippen LogP contribution in [-0.2, 0) is 4.79 Å². The average molecular weight is 323 g/mol. The Balaban J connectivity index is 3.71. The van der Waals surface area contributed by atoms with Gasteiger partial charge >= 0.3 is 0 Å². The fourth-order valence-electron chi connectivity index (χ4n) is 2.10. The normalized spacial score (nSPS) is 14.7. The van der Waals surface area contributed by atoms with Crippen LogP contribution in [0.4, 0.5) is 0 Å². The van der Waals surface area contributed by atoms with Crippen LogP contribution in [-0.4, -0.2) is 28.5 Å². The molecule has 0 aliphatic carbocycles. The molecular weight excluding hydrogens is 294 g/mol. The van der Waals surface area contributed by atoms with Gasteiger partial charge < -0.3 is 9.90 Å². The Hall–Kier alpha value is -1.75. The maximum absolute atomic E-state index is 10.7. The van der Waals surface area contributed by atoms with Crippen molar-refractivity contribution in [1.29, 1.82) is 0 Å². The lowest BCUT2D eigenvalue weighted by atomic mass is 10.1. The van der Waals surface area contributed by atoms with Crippen LogP contribution in [0, 0.1) is 10.1 Å². The van der Waals surface area contributed by atoms with Crippen molar-refractivity contribution in [1.82, 2.24) is 0 Å². The smallest absolute Gasteiger partial charge is 0.238 e. The molecule has 0 spiro atoms. The lowest BCUT2D eigenvalue weighted by Gasteiger charge is -2.12. The molecule has 0 fully saturated rings. The van der Waals surface area contributed by atoms with Gasteiger partial charge in [-0.25, -0.2) is 0 Å². The van der Waals surface area contributed by atoms with Crippen LogP contribution in [0.25, 0.3) is 0 Å². The van der Waals surface area contributed by atoms with E-state index in [0.29, 0.717) is 19.3 Å². The van der Waals surface area contributed by atoms with Crippen molar-refractivity contribution in [3.05, 3.63) is 46.6 Å². The summed E-state index contributed by atoms with van der Waals surface area (Å²) in [7, 11) is 0. The highest BCUT2D eigenvalue weighted by atomic mass is 16.6. The monoisotopic (exact) mass is 323 g/mol. The van der Waals surface area contributed by atoms with E-state index in [1.165, 1.54) is 0 Å². The molecule has 0 aliphatic heterocycles. The van der Waals surface area contributed by atoms with Crippen LogP contribution in [0.2, 0.25) is 0 Å². The summed E-state index contributed by atoms with van der Waals surface area (Å²) in [6.45, 7) is 1.71. The van der Waals surface area contributed by atoms with Crippen molar-refractivity contribution < 1.29 is 14.8 Å². The Kier molecular flexibility index (Phi) is 14.0. The first-order valence-electron chi connectivity index (χ1n) is 8.33. The minimum atomic E-state index is -0.919. The number of nitrogens with zero attached hydrogens (tertiary/aromatic N) is 1. The molecule has 0 amide bonds. The van der Waals surface area contributed by atoms with E-state index in [1.54, 1.807) is 13.0 Å². The highest BCUT2D eigenvalue weighted by molar-refractivity contribution is 5.48. The first kappa shape index (κ1) is 21.2. The third kappa shape index (κ3) is 12.5. The lowest BCUT2D eigenvalue weighted by Crippen LogP contribution is -2.32. The molecule has 2 unspecified atom stereocenters. The largest absolute Gasteiger partial charge is 0.386 e. The van der Waals surface area contributed by atoms with E-state index in [-0.39, 0.29) is 0 Å². The summed E-state index contributed by atoms with van der Waals surface area (Å²) in [6.07, 6.45) is 18.0. The summed E-state index contributed by atoms with van der Waals surface area (Å²) in [4.78, 5) is 20.4. The summed E-state index contributed by atoms with van der Waals surface area (Å²) in [5.41, 5.74) is 0. The first-order chi connectivity index (χ1) is 11.1. The molecular formula is C18H29NO4. The number of nitro groups is 1. The molecule has 0 bridgehead atoms. The third-order valence-electron chi connectivity index (χ3n) is 3.50. The molecule has 2 atom stereocenters. The highest BCUT2D eigenvalue weighted by Crippen LogP contribution is 2.08. The molecule has 0 rings (SSSR count). The van der Waals surface area contributed by atoms with E-state index in [4.69, 9.17) is 0 Å². The number of unbranched alkanes of at least 4 members (excludes halogenated alkanes) is 3. The molecule has 0 saturated heterocycles. The number of aliphatic hydroxyl groups excluding tert-OH is 1. The molecule has 0 aliphatic rings. The van der Waals surface area contributed by atoms with Gasteiger partial charge in [0.2, 0.25) is 6.04 Å². The molecule has 0 radical (unpaired) electrons. The van der Waals surface area contributed by atoms with Crippen molar-refractivity contribution in [3.63, 3.8) is 0 Å². The number of carbonyl (C=O) groups is 1. The van der Waals surface area contributed by atoms with E-state index in [9.17, 15) is 20.0 Å². The Morgan fingerprint density at radius 1 is 1.00 bits per heavy atom. The second-order valence-electron chi connectivity index (χ2n) is 5.40. The van der Waals surface area contributed by atoms with Crippen molar-refractivity contribution in [2.75, 3.05) is 0 Å². The van der Waals surface area contributed by atoms with E-state index in [1.807, 2.05) is 12.2 Å². The summed E-state index contributed by atoms with van der Waals surface area (Å²) in [5.74, 6) is 0. The van der Waals surface area contributed by atoms with Crippen LogP contribution < -0.4 is 0 Å². The van der Waals surface area contributed by atoms with Gasteiger partial charge in [0, 0.05) is 17.8 Å². The van der Waals surface area contributed by atoms with Crippen molar-refractivity contribution in [2.24, 2.45) is 0 Å². The second kappa shape index (κ2) is 15.2. The Bertz CT molecular complexity index is 402. The topological polar surface area (TPSA) is 80.4 Å². The summed E-state index contributed by atoms with van der Waals surface area (Å²) in [6, 6.07) is -0.883. The second-order valence-corrected chi connectivity index (χ2v) is 5.40. The predicted octanol–water partition coefficient (Wildman–Crippen LogP) is 4.00. The van der Waals surface area contributed by atoms with Crippen molar-refractivity contribution >= 4 is 6.29 Å². The number of carbonyl (C=O) groups excluding carboxylic acids is 1. The van der Waals surface area contributed by atoms with Gasteiger partial charge in [-0.05, 0) is 38.5 Å². The molecule has 5 heteroatoms. The first-order valence-corrected chi connectivity index (χ1v) is 8.33. The van der Waals surface area contributed by atoms with E-state index in [2.05, 4.69) is 18.2 Å². The van der Waals surface area contributed by atoms with Crippen LogP contribution in [0.3, 0.4) is 0 Å². The van der Waals surface area contributed by atoms with Gasteiger partial charge in [0.15, 0.2) is 0 Å². The highest BCUT2D eigenvalue weighted by Gasteiger charge is 2.26. The van der Waals surface area contributed by atoms with Gasteiger partial charge in [-0.15, -0.1) is 0 Å². The van der Waals surface area contributed by atoms with E-state index < -0.39 is 17.1 Å². The third-order valence-corrected chi connectivity index (χ3v) is 3.50. The van der Waals surface area contributed by atoms with Gasteiger partial charge in [0.25, 0.3) is 0 Å². The van der Waals surface area contributed by atoms with Gasteiger partial charge in [-0.2, -0.15) is 0 Å². The lowest BCUT2D eigenvalue weighted by molar-refractivity contribution is -0.534. The Labute approximate surface area is 138 Å². The summed E-state index contributed by atoms with van der Waals surface area (Å²) in [5, 5.41) is 20.4. The average Bonchev–Trinajstić information content (AvgIpc) is 2.52. The fourth-order valence-corrected chi connectivity index (χ4v) is 2.10. The Morgan fingerprint density at radius 3 is 2.13 bits per heavy atom. The van der Waals surface area contributed by atoms with Gasteiger partial charge in [0.05, 0.1) is 0 Å². The van der Waals surface area contributed by atoms with Crippen molar-refractivity contribution in [2.45, 2.75) is 70.4 Å². The minimum absolute atomic E-state index is 0.314. The SMILES string of the molecule is CCC(C(O)C/C=C\C/C=C\C/C=C\CCCCC=O)[N+](=O)[O-].